The van der Waals surface area contributed by atoms with Crippen LogP contribution in [-0.4, -0.2) is 25.2 Å². The van der Waals surface area contributed by atoms with Crippen LogP contribution in [0.3, 0.4) is 0 Å². The van der Waals surface area contributed by atoms with Crippen molar-refractivity contribution >= 4 is 5.97 Å². The Balaban J connectivity index is 4.22. The fraction of sp³-hybridized carbons (Fsp3) is 0.917. The molecule has 0 fully saturated rings. The Labute approximate surface area is 93.6 Å². The number of hydrogen-bond donors (Lipinski definition) is 1. The van der Waals surface area contributed by atoms with Gasteiger partial charge < -0.3 is 10.1 Å². The van der Waals surface area contributed by atoms with Gasteiger partial charge in [0.15, 0.2) is 0 Å². The van der Waals surface area contributed by atoms with Crippen molar-refractivity contribution in [3.05, 3.63) is 0 Å². The predicted molar refractivity (Wildman–Crippen MR) is 62.8 cm³/mol. The van der Waals surface area contributed by atoms with Crippen LogP contribution in [0.1, 0.15) is 47.0 Å². The number of methoxy groups -OCH3 is 1. The SMILES string of the molecule is CCC(NC(C)C(CC)CC)C(=O)OC. The lowest BCUT2D eigenvalue weighted by atomic mass is 9.94. The van der Waals surface area contributed by atoms with Crippen LogP contribution < -0.4 is 5.32 Å². The van der Waals surface area contributed by atoms with E-state index in [-0.39, 0.29) is 12.0 Å². The third-order valence-electron chi connectivity index (χ3n) is 3.11. The number of hydrogen-bond acceptors (Lipinski definition) is 3. The quantitative estimate of drug-likeness (QED) is 0.662. The topological polar surface area (TPSA) is 38.3 Å². The van der Waals surface area contributed by atoms with Crippen molar-refractivity contribution in [1.82, 2.24) is 5.32 Å². The summed E-state index contributed by atoms with van der Waals surface area (Å²) in [5.41, 5.74) is 0. The van der Waals surface area contributed by atoms with Gasteiger partial charge in [-0.2, -0.15) is 0 Å². The van der Waals surface area contributed by atoms with Crippen LogP contribution in [0.4, 0.5) is 0 Å². The highest BCUT2D eigenvalue weighted by atomic mass is 16.5. The lowest BCUT2D eigenvalue weighted by Gasteiger charge is -2.26. The summed E-state index contributed by atoms with van der Waals surface area (Å²) in [5, 5.41) is 3.34. The molecule has 15 heavy (non-hydrogen) atoms. The van der Waals surface area contributed by atoms with E-state index in [1.807, 2.05) is 6.92 Å². The number of carbonyl (C=O) groups is 1. The third-order valence-corrected chi connectivity index (χ3v) is 3.11. The molecule has 0 aromatic heterocycles. The fourth-order valence-electron chi connectivity index (χ4n) is 1.94. The molecule has 0 spiro atoms. The van der Waals surface area contributed by atoms with Crippen LogP contribution >= 0.6 is 0 Å². The van der Waals surface area contributed by atoms with Gasteiger partial charge in [0.1, 0.15) is 6.04 Å². The summed E-state index contributed by atoms with van der Waals surface area (Å²) in [6, 6.07) is 0.203. The summed E-state index contributed by atoms with van der Waals surface area (Å²) in [6.07, 6.45) is 3.06. The van der Waals surface area contributed by atoms with Gasteiger partial charge in [0.25, 0.3) is 0 Å². The maximum atomic E-state index is 11.4. The first-order chi connectivity index (χ1) is 7.10. The van der Waals surface area contributed by atoms with Crippen molar-refractivity contribution in [2.75, 3.05) is 7.11 Å². The van der Waals surface area contributed by atoms with Gasteiger partial charge in [-0.1, -0.05) is 33.6 Å². The highest BCUT2D eigenvalue weighted by molar-refractivity contribution is 5.75. The molecule has 0 radical (unpaired) electrons. The Morgan fingerprint density at radius 2 is 1.73 bits per heavy atom. The predicted octanol–water partition coefficient (Wildman–Crippen LogP) is 2.35. The summed E-state index contributed by atoms with van der Waals surface area (Å²) >= 11 is 0. The molecule has 0 saturated heterocycles. The standard InChI is InChI=1S/C12H25NO2/c1-6-10(7-2)9(4)13-11(8-3)12(14)15-5/h9-11,13H,6-8H2,1-5H3. The maximum absolute atomic E-state index is 11.4. The van der Waals surface area contributed by atoms with E-state index < -0.39 is 0 Å². The Bertz CT molecular complexity index is 178. The normalized spacial score (nSPS) is 15.1. The molecule has 0 aliphatic carbocycles. The zero-order chi connectivity index (χ0) is 11.8. The lowest BCUT2D eigenvalue weighted by molar-refractivity contribution is -0.143. The van der Waals surface area contributed by atoms with Crippen LogP contribution in [-0.2, 0) is 9.53 Å². The van der Waals surface area contributed by atoms with E-state index in [0.717, 1.165) is 19.3 Å². The van der Waals surface area contributed by atoms with Gasteiger partial charge in [-0.05, 0) is 19.3 Å². The molecule has 0 aliphatic heterocycles. The number of esters is 1. The molecule has 0 bridgehead atoms. The maximum Gasteiger partial charge on any atom is 0.322 e. The average Bonchev–Trinajstić information content (AvgIpc) is 2.26. The largest absolute Gasteiger partial charge is 0.468 e. The minimum atomic E-state index is -0.161. The monoisotopic (exact) mass is 215 g/mol. The second-order valence-corrected chi connectivity index (χ2v) is 4.02. The van der Waals surface area contributed by atoms with Gasteiger partial charge in [0.05, 0.1) is 7.11 Å². The zero-order valence-electron chi connectivity index (χ0n) is 10.7. The number of nitrogens with one attached hydrogen (secondary N) is 1. The molecule has 0 saturated carbocycles. The molecule has 2 atom stereocenters. The highest BCUT2D eigenvalue weighted by Gasteiger charge is 2.22. The highest BCUT2D eigenvalue weighted by Crippen LogP contribution is 2.13. The molecule has 0 rings (SSSR count). The number of rotatable bonds is 7. The van der Waals surface area contributed by atoms with Crippen molar-refractivity contribution in [1.29, 1.82) is 0 Å². The van der Waals surface area contributed by atoms with E-state index in [4.69, 9.17) is 4.74 Å². The molecule has 3 heteroatoms. The third kappa shape index (κ3) is 4.65. The molecule has 0 aromatic carbocycles. The zero-order valence-corrected chi connectivity index (χ0v) is 10.7. The van der Waals surface area contributed by atoms with E-state index in [2.05, 4.69) is 26.1 Å². The van der Waals surface area contributed by atoms with Crippen LogP contribution in [0, 0.1) is 5.92 Å². The molecule has 0 amide bonds. The van der Waals surface area contributed by atoms with E-state index in [0.29, 0.717) is 12.0 Å². The Morgan fingerprint density at radius 3 is 2.07 bits per heavy atom. The summed E-state index contributed by atoms with van der Waals surface area (Å²) in [6.45, 7) is 8.51. The molecular formula is C12H25NO2. The molecule has 90 valence electrons. The summed E-state index contributed by atoms with van der Waals surface area (Å²) < 4.78 is 4.75. The van der Waals surface area contributed by atoms with Crippen LogP contribution in [0.5, 0.6) is 0 Å². The number of ether oxygens (including phenoxy) is 1. The summed E-state index contributed by atoms with van der Waals surface area (Å²) in [7, 11) is 1.44. The van der Waals surface area contributed by atoms with E-state index >= 15 is 0 Å². The van der Waals surface area contributed by atoms with Crippen molar-refractivity contribution in [3.63, 3.8) is 0 Å². The second kappa shape index (κ2) is 7.69. The lowest BCUT2D eigenvalue weighted by Crippen LogP contribution is -2.45. The molecule has 1 N–H and O–H groups in total. The molecule has 2 unspecified atom stereocenters. The Kier molecular flexibility index (Phi) is 7.39. The van der Waals surface area contributed by atoms with Gasteiger partial charge >= 0.3 is 5.97 Å². The first-order valence-corrected chi connectivity index (χ1v) is 5.94. The van der Waals surface area contributed by atoms with E-state index in [1.54, 1.807) is 0 Å². The van der Waals surface area contributed by atoms with Crippen molar-refractivity contribution in [2.45, 2.75) is 59.0 Å². The minimum absolute atomic E-state index is 0.157. The van der Waals surface area contributed by atoms with Crippen molar-refractivity contribution < 1.29 is 9.53 Å². The molecule has 0 aliphatic rings. The molecular weight excluding hydrogens is 190 g/mol. The average molecular weight is 215 g/mol. The van der Waals surface area contributed by atoms with Gasteiger partial charge in [0, 0.05) is 6.04 Å². The van der Waals surface area contributed by atoms with Crippen molar-refractivity contribution in [2.24, 2.45) is 5.92 Å². The smallest absolute Gasteiger partial charge is 0.322 e. The molecule has 3 nitrogen and oxygen atoms in total. The van der Waals surface area contributed by atoms with Crippen LogP contribution in [0.2, 0.25) is 0 Å². The first kappa shape index (κ1) is 14.4. The Hall–Kier alpha value is -0.570. The van der Waals surface area contributed by atoms with Crippen molar-refractivity contribution in [3.8, 4) is 0 Å². The van der Waals surface area contributed by atoms with Gasteiger partial charge in [-0.25, -0.2) is 0 Å². The number of carbonyl (C=O) groups excluding carboxylic acids is 1. The van der Waals surface area contributed by atoms with Crippen LogP contribution in [0.25, 0.3) is 0 Å². The summed E-state index contributed by atoms with van der Waals surface area (Å²) in [5.74, 6) is 0.471. The second-order valence-electron chi connectivity index (χ2n) is 4.02. The van der Waals surface area contributed by atoms with Gasteiger partial charge in [-0.3, -0.25) is 4.79 Å². The molecule has 0 aromatic rings. The first-order valence-electron chi connectivity index (χ1n) is 5.94. The van der Waals surface area contributed by atoms with Gasteiger partial charge in [-0.15, -0.1) is 0 Å². The van der Waals surface area contributed by atoms with Crippen LogP contribution in [0.15, 0.2) is 0 Å². The Morgan fingerprint density at radius 1 is 1.20 bits per heavy atom. The van der Waals surface area contributed by atoms with E-state index in [1.165, 1.54) is 7.11 Å². The van der Waals surface area contributed by atoms with E-state index in [9.17, 15) is 4.79 Å². The minimum Gasteiger partial charge on any atom is -0.468 e. The summed E-state index contributed by atoms with van der Waals surface area (Å²) in [4.78, 5) is 11.4. The fourth-order valence-corrected chi connectivity index (χ4v) is 1.94. The molecule has 0 heterocycles. The van der Waals surface area contributed by atoms with Gasteiger partial charge in [0.2, 0.25) is 0 Å².